The molecule has 0 saturated carbocycles. The minimum absolute atomic E-state index is 0.0863. The predicted molar refractivity (Wildman–Crippen MR) is 151 cm³/mol. The van der Waals surface area contributed by atoms with Crippen molar-refractivity contribution >= 4 is 27.5 Å². The van der Waals surface area contributed by atoms with Gasteiger partial charge < -0.3 is 10.2 Å². The second-order valence-electron chi connectivity index (χ2n) is 10.3. The van der Waals surface area contributed by atoms with Gasteiger partial charge in [-0.05, 0) is 63.4 Å². The lowest BCUT2D eigenvalue weighted by molar-refractivity contribution is -0.141. The quantitative estimate of drug-likeness (QED) is 0.400. The van der Waals surface area contributed by atoms with Gasteiger partial charge in [-0.25, -0.2) is 8.42 Å². The van der Waals surface area contributed by atoms with Crippen molar-refractivity contribution in [2.24, 2.45) is 0 Å². The second-order valence-corrected chi connectivity index (χ2v) is 12.1. The van der Waals surface area contributed by atoms with E-state index in [1.54, 1.807) is 43.3 Å². The molecule has 0 spiro atoms. The van der Waals surface area contributed by atoms with Crippen molar-refractivity contribution in [2.75, 3.05) is 10.8 Å². The number of rotatable bonds is 10. The summed E-state index contributed by atoms with van der Waals surface area (Å²) >= 11 is 0. The number of para-hydroxylation sites is 1. The summed E-state index contributed by atoms with van der Waals surface area (Å²) < 4.78 is 28.8. The van der Waals surface area contributed by atoms with Gasteiger partial charge in [-0.2, -0.15) is 0 Å². The summed E-state index contributed by atoms with van der Waals surface area (Å²) in [6.07, 6.45) is 0.371. The van der Waals surface area contributed by atoms with E-state index in [-0.39, 0.29) is 17.3 Å². The zero-order chi connectivity index (χ0) is 27.9. The van der Waals surface area contributed by atoms with E-state index in [4.69, 9.17) is 0 Å². The molecule has 1 atom stereocenters. The zero-order valence-corrected chi connectivity index (χ0v) is 23.5. The standard InChI is InChI=1S/C30H37N3O4S/c1-6-26(29(35)31-30(3,4)5)32(21-24-16-9-7-10-17-24)28(34)22-33(27-20-14-13-15-23(27)2)38(36,37)25-18-11-8-12-19-25/h7-20,26H,6,21-22H2,1-5H3,(H,31,35)/t26-/m1/s1. The van der Waals surface area contributed by atoms with Crippen molar-refractivity contribution in [2.45, 2.75) is 64.1 Å². The SMILES string of the molecule is CC[C@H](C(=O)NC(C)(C)C)N(Cc1ccccc1)C(=O)CN(c1ccccc1C)S(=O)(=O)c1ccccc1. The molecule has 0 aliphatic rings. The van der Waals surface area contributed by atoms with Crippen molar-refractivity contribution in [3.63, 3.8) is 0 Å². The average molecular weight is 536 g/mol. The number of carbonyl (C=O) groups excluding carboxylic acids is 2. The molecule has 7 nitrogen and oxygen atoms in total. The van der Waals surface area contributed by atoms with E-state index in [9.17, 15) is 18.0 Å². The Morgan fingerprint density at radius 2 is 1.42 bits per heavy atom. The van der Waals surface area contributed by atoms with Crippen molar-refractivity contribution < 1.29 is 18.0 Å². The van der Waals surface area contributed by atoms with Gasteiger partial charge in [0.25, 0.3) is 10.0 Å². The molecule has 202 valence electrons. The van der Waals surface area contributed by atoms with Crippen LogP contribution in [0.1, 0.15) is 45.2 Å². The fourth-order valence-corrected chi connectivity index (χ4v) is 5.73. The molecule has 0 aromatic heterocycles. The molecule has 3 aromatic rings. The van der Waals surface area contributed by atoms with Gasteiger partial charge in [-0.15, -0.1) is 0 Å². The number of nitrogens with one attached hydrogen (secondary N) is 1. The van der Waals surface area contributed by atoms with Gasteiger partial charge in [0.2, 0.25) is 11.8 Å². The smallest absolute Gasteiger partial charge is 0.264 e. The predicted octanol–water partition coefficient (Wildman–Crippen LogP) is 4.91. The minimum atomic E-state index is -4.07. The van der Waals surface area contributed by atoms with Crippen LogP contribution in [0.15, 0.2) is 89.8 Å². The Kier molecular flexibility index (Phi) is 9.33. The first kappa shape index (κ1) is 28.9. The van der Waals surface area contributed by atoms with Crippen LogP contribution >= 0.6 is 0 Å². The van der Waals surface area contributed by atoms with Gasteiger partial charge in [0.05, 0.1) is 10.6 Å². The number of aryl methyl sites for hydroxylation is 1. The molecule has 0 bridgehead atoms. The number of hydrogen-bond acceptors (Lipinski definition) is 4. The Balaban J connectivity index is 2.06. The van der Waals surface area contributed by atoms with Gasteiger partial charge >= 0.3 is 0 Å². The van der Waals surface area contributed by atoms with Crippen molar-refractivity contribution in [1.29, 1.82) is 0 Å². The maximum Gasteiger partial charge on any atom is 0.264 e. The molecule has 1 N–H and O–H groups in total. The van der Waals surface area contributed by atoms with E-state index in [2.05, 4.69) is 5.32 Å². The molecule has 0 heterocycles. The molecule has 3 rings (SSSR count). The molecule has 0 saturated heterocycles. The van der Waals surface area contributed by atoms with Crippen LogP contribution in [0.5, 0.6) is 0 Å². The van der Waals surface area contributed by atoms with Crippen LogP contribution in [0, 0.1) is 6.92 Å². The summed E-state index contributed by atoms with van der Waals surface area (Å²) in [7, 11) is -4.07. The first-order valence-electron chi connectivity index (χ1n) is 12.7. The van der Waals surface area contributed by atoms with Gasteiger partial charge in [0.1, 0.15) is 12.6 Å². The first-order valence-corrected chi connectivity index (χ1v) is 14.2. The highest BCUT2D eigenvalue weighted by Crippen LogP contribution is 2.27. The third kappa shape index (κ3) is 7.22. The van der Waals surface area contributed by atoms with E-state index < -0.39 is 34.1 Å². The molecule has 0 fully saturated rings. The summed E-state index contributed by atoms with van der Waals surface area (Å²) in [6.45, 7) is 9.02. The number of hydrogen-bond donors (Lipinski definition) is 1. The number of nitrogens with zero attached hydrogens (tertiary/aromatic N) is 2. The maximum atomic E-state index is 14.0. The van der Waals surface area contributed by atoms with Crippen LogP contribution in [0.25, 0.3) is 0 Å². The average Bonchev–Trinajstić information content (AvgIpc) is 2.87. The summed E-state index contributed by atoms with van der Waals surface area (Å²) in [6, 6.07) is 23.7. The largest absolute Gasteiger partial charge is 0.350 e. The highest BCUT2D eigenvalue weighted by molar-refractivity contribution is 7.92. The maximum absolute atomic E-state index is 14.0. The summed E-state index contributed by atoms with van der Waals surface area (Å²) in [5.74, 6) is -0.745. The number of carbonyl (C=O) groups is 2. The molecular formula is C30H37N3O4S. The highest BCUT2D eigenvalue weighted by Gasteiger charge is 2.34. The Bertz CT molecular complexity index is 1340. The molecular weight excluding hydrogens is 498 g/mol. The first-order chi connectivity index (χ1) is 17.9. The highest BCUT2D eigenvalue weighted by atomic mass is 32.2. The number of anilines is 1. The lowest BCUT2D eigenvalue weighted by Gasteiger charge is -2.35. The van der Waals surface area contributed by atoms with Crippen LogP contribution in [0.2, 0.25) is 0 Å². The molecule has 8 heteroatoms. The second kappa shape index (κ2) is 12.3. The van der Waals surface area contributed by atoms with Crippen LogP contribution in [-0.2, 0) is 26.2 Å². The van der Waals surface area contributed by atoms with Crippen molar-refractivity contribution in [3.8, 4) is 0 Å². The lowest BCUT2D eigenvalue weighted by Crippen LogP contribution is -2.55. The third-order valence-electron chi connectivity index (χ3n) is 6.07. The van der Waals surface area contributed by atoms with Crippen LogP contribution in [0.3, 0.4) is 0 Å². The normalized spacial score (nSPS) is 12.4. The lowest BCUT2D eigenvalue weighted by atomic mass is 10.1. The third-order valence-corrected chi connectivity index (χ3v) is 7.85. The van der Waals surface area contributed by atoms with E-state index >= 15 is 0 Å². The van der Waals surface area contributed by atoms with Crippen molar-refractivity contribution in [1.82, 2.24) is 10.2 Å². The molecule has 0 unspecified atom stereocenters. The summed E-state index contributed by atoms with van der Waals surface area (Å²) in [4.78, 5) is 28.9. The Morgan fingerprint density at radius 1 is 0.868 bits per heavy atom. The molecule has 38 heavy (non-hydrogen) atoms. The van der Waals surface area contributed by atoms with Crippen LogP contribution in [-0.4, -0.2) is 43.3 Å². The molecule has 0 aliphatic carbocycles. The van der Waals surface area contributed by atoms with Crippen molar-refractivity contribution in [3.05, 3.63) is 96.1 Å². The van der Waals surface area contributed by atoms with E-state index in [1.807, 2.05) is 64.1 Å². The molecule has 0 aliphatic heterocycles. The van der Waals surface area contributed by atoms with Crippen LogP contribution < -0.4 is 9.62 Å². The van der Waals surface area contributed by atoms with Gasteiger partial charge in [0, 0.05) is 12.1 Å². The van der Waals surface area contributed by atoms with Gasteiger partial charge in [0.15, 0.2) is 0 Å². The van der Waals surface area contributed by atoms with E-state index in [0.29, 0.717) is 17.7 Å². The fraction of sp³-hybridized carbons (Fsp3) is 0.333. The Labute approximate surface area is 226 Å². The van der Waals surface area contributed by atoms with E-state index in [0.717, 1.165) is 9.87 Å². The van der Waals surface area contributed by atoms with Gasteiger partial charge in [-0.1, -0.05) is 73.7 Å². The topological polar surface area (TPSA) is 86.8 Å². The van der Waals surface area contributed by atoms with Gasteiger partial charge in [-0.3, -0.25) is 13.9 Å². The molecule has 0 radical (unpaired) electrons. The Hall–Kier alpha value is -3.65. The Morgan fingerprint density at radius 3 is 1.97 bits per heavy atom. The summed E-state index contributed by atoms with van der Waals surface area (Å²) in [5, 5.41) is 2.98. The molecule has 3 aromatic carbocycles. The monoisotopic (exact) mass is 535 g/mol. The van der Waals surface area contributed by atoms with E-state index in [1.165, 1.54) is 17.0 Å². The number of benzene rings is 3. The summed E-state index contributed by atoms with van der Waals surface area (Å²) in [5.41, 5.74) is 1.48. The fourth-order valence-electron chi connectivity index (χ4n) is 4.23. The number of sulfonamides is 1. The number of amides is 2. The van der Waals surface area contributed by atoms with Crippen LogP contribution in [0.4, 0.5) is 5.69 Å². The zero-order valence-electron chi connectivity index (χ0n) is 22.7. The molecule has 2 amide bonds. The minimum Gasteiger partial charge on any atom is -0.350 e.